The maximum Gasteiger partial charge on any atom is 0.313 e. The summed E-state index contributed by atoms with van der Waals surface area (Å²) >= 11 is 5.79. The molecule has 0 bridgehead atoms. The van der Waals surface area contributed by atoms with Crippen LogP contribution in [-0.4, -0.2) is 42.4 Å². The molecule has 2 rings (SSSR count). The summed E-state index contributed by atoms with van der Waals surface area (Å²) in [6.07, 6.45) is 1.76. The summed E-state index contributed by atoms with van der Waals surface area (Å²) in [6.45, 7) is 7.41. The van der Waals surface area contributed by atoms with Crippen molar-refractivity contribution in [1.29, 1.82) is 0 Å². The van der Waals surface area contributed by atoms with Gasteiger partial charge in [0.05, 0.1) is 0 Å². The molecule has 1 saturated heterocycles. The monoisotopic (exact) mass is 337 g/mol. The average Bonchev–Trinajstić information content (AvgIpc) is 2.51. The van der Waals surface area contributed by atoms with Crippen LogP contribution < -0.4 is 10.6 Å². The van der Waals surface area contributed by atoms with Crippen molar-refractivity contribution in [3.05, 3.63) is 29.3 Å². The summed E-state index contributed by atoms with van der Waals surface area (Å²) in [7, 11) is 0. The largest absolute Gasteiger partial charge is 0.345 e. The first-order valence-electron chi connectivity index (χ1n) is 8.04. The molecule has 1 aliphatic rings. The molecule has 0 saturated carbocycles. The van der Waals surface area contributed by atoms with Gasteiger partial charge in [-0.15, -0.1) is 0 Å². The molecule has 1 heterocycles. The molecule has 0 atom stereocenters. The molecule has 1 aliphatic heterocycles. The lowest BCUT2D eigenvalue weighted by molar-refractivity contribution is -0.136. The topological polar surface area (TPSA) is 61.4 Å². The fourth-order valence-electron chi connectivity index (χ4n) is 2.75. The first-order chi connectivity index (χ1) is 10.9. The molecule has 0 unspecified atom stereocenters. The van der Waals surface area contributed by atoms with Gasteiger partial charge in [-0.3, -0.25) is 9.59 Å². The summed E-state index contributed by atoms with van der Waals surface area (Å²) < 4.78 is 0. The van der Waals surface area contributed by atoms with Crippen molar-refractivity contribution < 1.29 is 9.59 Å². The SMILES string of the molecule is CC(C)CN1CCC(NC(=O)C(=O)Nc2ccc(Cl)cc2)CC1. The van der Waals surface area contributed by atoms with Gasteiger partial charge in [0.2, 0.25) is 0 Å². The maximum absolute atomic E-state index is 12.0. The molecule has 0 spiro atoms. The van der Waals surface area contributed by atoms with Crippen molar-refractivity contribution in [2.75, 3.05) is 25.0 Å². The second kappa shape index (κ2) is 8.31. The number of rotatable bonds is 4. The summed E-state index contributed by atoms with van der Waals surface area (Å²) in [5.41, 5.74) is 0.557. The van der Waals surface area contributed by atoms with Gasteiger partial charge in [0.15, 0.2) is 0 Å². The predicted octanol–water partition coefficient (Wildman–Crippen LogP) is 2.52. The minimum atomic E-state index is -0.642. The fraction of sp³-hybridized carbons (Fsp3) is 0.529. The van der Waals surface area contributed by atoms with E-state index in [0.717, 1.165) is 32.5 Å². The van der Waals surface area contributed by atoms with E-state index in [2.05, 4.69) is 29.4 Å². The van der Waals surface area contributed by atoms with E-state index in [-0.39, 0.29) is 6.04 Å². The predicted molar refractivity (Wildman–Crippen MR) is 92.5 cm³/mol. The van der Waals surface area contributed by atoms with Gasteiger partial charge >= 0.3 is 11.8 Å². The zero-order valence-electron chi connectivity index (χ0n) is 13.6. The van der Waals surface area contributed by atoms with E-state index in [1.807, 2.05) is 0 Å². The number of hydrogen-bond acceptors (Lipinski definition) is 3. The number of nitrogens with one attached hydrogen (secondary N) is 2. The Bertz CT molecular complexity index is 537. The molecule has 1 aromatic rings. The maximum atomic E-state index is 12.0. The number of amides is 2. The molecule has 5 nitrogen and oxygen atoms in total. The van der Waals surface area contributed by atoms with E-state index in [4.69, 9.17) is 11.6 Å². The molecule has 6 heteroatoms. The van der Waals surface area contributed by atoms with Crippen LogP contribution in [0, 0.1) is 5.92 Å². The Labute approximate surface area is 142 Å². The molecule has 2 N–H and O–H groups in total. The van der Waals surface area contributed by atoms with Gasteiger partial charge < -0.3 is 15.5 Å². The van der Waals surface area contributed by atoms with Gasteiger partial charge in [0.1, 0.15) is 0 Å². The van der Waals surface area contributed by atoms with Gasteiger partial charge in [0, 0.05) is 36.4 Å². The number of carbonyl (C=O) groups excluding carboxylic acids is 2. The summed E-state index contributed by atoms with van der Waals surface area (Å²) in [5, 5.41) is 5.98. The summed E-state index contributed by atoms with van der Waals surface area (Å²) in [6, 6.07) is 6.73. The number of halogens is 1. The molecule has 126 valence electrons. The van der Waals surface area contributed by atoms with Crippen molar-refractivity contribution in [2.24, 2.45) is 5.92 Å². The minimum absolute atomic E-state index is 0.0712. The van der Waals surface area contributed by atoms with Crippen LogP contribution in [0.5, 0.6) is 0 Å². The molecule has 0 radical (unpaired) electrons. The summed E-state index contributed by atoms with van der Waals surface area (Å²) in [4.78, 5) is 26.3. The zero-order chi connectivity index (χ0) is 16.8. The van der Waals surface area contributed by atoms with E-state index >= 15 is 0 Å². The molecular formula is C17H24ClN3O2. The standard InChI is InChI=1S/C17H24ClN3O2/c1-12(2)11-21-9-7-15(8-10-21)20-17(23)16(22)19-14-5-3-13(18)4-6-14/h3-6,12,15H,7-11H2,1-2H3,(H,19,22)(H,20,23). The average molecular weight is 338 g/mol. The molecule has 23 heavy (non-hydrogen) atoms. The highest BCUT2D eigenvalue weighted by atomic mass is 35.5. The van der Waals surface area contributed by atoms with Gasteiger partial charge in [0.25, 0.3) is 0 Å². The number of piperidine rings is 1. The van der Waals surface area contributed by atoms with E-state index in [9.17, 15) is 9.59 Å². The van der Waals surface area contributed by atoms with Crippen LogP contribution in [0.2, 0.25) is 5.02 Å². The van der Waals surface area contributed by atoms with Crippen LogP contribution in [0.25, 0.3) is 0 Å². The van der Waals surface area contributed by atoms with Crippen LogP contribution in [-0.2, 0) is 9.59 Å². The van der Waals surface area contributed by atoms with Crippen molar-refractivity contribution in [1.82, 2.24) is 10.2 Å². The third-order valence-electron chi connectivity index (χ3n) is 3.85. The second-order valence-electron chi connectivity index (χ2n) is 6.40. The Morgan fingerprint density at radius 1 is 1.17 bits per heavy atom. The molecule has 1 aromatic carbocycles. The third-order valence-corrected chi connectivity index (χ3v) is 4.11. The fourth-order valence-corrected chi connectivity index (χ4v) is 2.87. The molecular weight excluding hydrogens is 314 g/mol. The number of nitrogens with zero attached hydrogens (tertiary/aromatic N) is 1. The van der Waals surface area contributed by atoms with Gasteiger partial charge in [-0.2, -0.15) is 0 Å². The van der Waals surface area contributed by atoms with Crippen LogP contribution in [0.3, 0.4) is 0 Å². The minimum Gasteiger partial charge on any atom is -0.345 e. The number of benzene rings is 1. The van der Waals surface area contributed by atoms with Crippen molar-refractivity contribution in [3.63, 3.8) is 0 Å². The Morgan fingerprint density at radius 2 is 1.78 bits per heavy atom. The van der Waals surface area contributed by atoms with Crippen LogP contribution in [0.15, 0.2) is 24.3 Å². The molecule has 0 aromatic heterocycles. The van der Waals surface area contributed by atoms with Crippen molar-refractivity contribution in [3.8, 4) is 0 Å². The van der Waals surface area contributed by atoms with E-state index in [0.29, 0.717) is 16.6 Å². The lowest BCUT2D eigenvalue weighted by Crippen LogP contribution is -2.48. The lowest BCUT2D eigenvalue weighted by Gasteiger charge is -2.33. The Kier molecular flexibility index (Phi) is 6.42. The van der Waals surface area contributed by atoms with Crippen LogP contribution in [0.4, 0.5) is 5.69 Å². The number of likely N-dealkylation sites (tertiary alicyclic amines) is 1. The Balaban J connectivity index is 1.76. The second-order valence-corrected chi connectivity index (χ2v) is 6.84. The van der Waals surface area contributed by atoms with Crippen LogP contribution in [0.1, 0.15) is 26.7 Å². The normalized spacial score (nSPS) is 16.3. The summed E-state index contributed by atoms with van der Waals surface area (Å²) in [5.74, 6) is -0.578. The first-order valence-corrected chi connectivity index (χ1v) is 8.41. The highest BCUT2D eigenvalue weighted by molar-refractivity contribution is 6.39. The van der Waals surface area contributed by atoms with E-state index < -0.39 is 11.8 Å². The highest BCUT2D eigenvalue weighted by Gasteiger charge is 2.23. The highest BCUT2D eigenvalue weighted by Crippen LogP contribution is 2.14. The number of anilines is 1. The number of carbonyl (C=O) groups is 2. The number of hydrogen-bond donors (Lipinski definition) is 2. The van der Waals surface area contributed by atoms with Gasteiger partial charge in [-0.1, -0.05) is 25.4 Å². The quantitative estimate of drug-likeness (QED) is 0.830. The third kappa shape index (κ3) is 5.84. The Morgan fingerprint density at radius 3 is 2.35 bits per heavy atom. The van der Waals surface area contributed by atoms with Gasteiger partial charge in [-0.25, -0.2) is 0 Å². The molecule has 0 aliphatic carbocycles. The lowest BCUT2D eigenvalue weighted by atomic mass is 10.0. The zero-order valence-corrected chi connectivity index (χ0v) is 14.4. The van der Waals surface area contributed by atoms with Crippen LogP contribution >= 0.6 is 11.6 Å². The molecule has 1 fully saturated rings. The van der Waals surface area contributed by atoms with E-state index in [1.165, 1.54) is 0 Å². The van der Waals surface area contributed by atoms with Crippen molar-refractivity contribution >= 4 is 29.1 Å². The Hall–Kier alpha value is -1.59. The smallest absolute Gasteiger partial charge is 0.313 e. The van der Waals surface area contributed by atoms with Gasteiger partial charge in [-0.05, 0) is 43.0 Å². The first kappa shape index (κ1) is 17.8. The van der Waals surface area contributed by atoms with Crippen molar-refractivity contribution in [2.45, 2.75) is 32.7 Å². The van der Waals surface area contributed by atoms with E-state index in [1.54, 1.807) is 24.3 Å². The molecule has 2 amide bonds.